The molecule has 0 bridgehead atoms. The second kappa shape index (κ2) is 8.86. The van der Waals surface area contributed by atoms with Gasteiger partial charge in [-0.1, -0.05) is 36.3 Å². The van der Waals surface area contributed by atoms with E-state index in [2.05, 4.69) is 26.2 Å². The SMILES string of the molecule is CCCOc1ccc(C2C(C(=O)Nc3ccccc3)=C(C)Nc3nnnn32)cc1OC. The lowest BCUT2D eigenvalue weighted by Gasteiger charge is -2.28. The third-order valence-electron chi connectivity index (χ3n) is 4.96. The van der Waals surface area contributed by atoms with Crippen LogP contribution in [0, 0.1) is 0 Å². The maximum Gasteiger partial charge on any atom is 0.255 e. The average molecular weight is 420 g/mol. The molecule has 4 rings (SSSR count). The van der Waals surface area contributed by atoms with E-state index in [-0.39, 0.29) is 5.91 Å². The molecule has 9 heteroatoms. The van der Waals surface area contributed by atoms with E-state index >= 15 is 0 Å². The normalized spacial score (nSPS) is 15.1. The van der Waals surface area contributed by atoms with E-state index in [0.29, 0.717) is 41.0 Å². The molecule has 2 aromatic carbocycles. The average Bonchev–Trinajstić information content (AvgIpc) is 3.25. The molecular formula is C22H24N6O3. The van der Waals surface area contributed by atoms with Gasteiger partial charge in [0.2, 0.25) is 5.95 Å². The molecule has 0 radical (unpaired) electrons. The van der Waals surface area contributed by atoms with Gasteiger partial charge >= 0.3 is 0 Å². The van der Waals surface area contributed by atoms with Crippen molar-refractivity contribution in [3.05, 3.63) is 65.4 Å². The first-order chi connectivity index (χ1) is 15.1. The molecule has 2 N–H and O–H groups in total. The van der Waals surface area contributed by atoms with Crippen molar-refractivity contribution >= 4 is 17.5 Å². The predicted molar refractivity (Wildman–Crippen MR) is 116 cm³/mol. The third kappa shape index (κ3) is 4.07. The highest BCUT2D eigenvalue weighted by atomic mass is 16.5. The second-order valence-electron chi connectivity index (χ2n) is 7.09. The van der Waals surface area contributed by atoms with Gasteiger partial charge in [0.1, 0.15) is 6.04 Å². The van der Waals surface area contributed by atoms with Crippen molar-refractivity contribution in [2.75, 3.05) is 24.4 Å². The molecule has 160 valence electrons. The first-order valence-corrected chi connectivity index (χ1v) is 10.0. The number of hydrogen-bond donors (Lipinski definition) is 2. The van der Waals surface area contributed by atoms with Crippen LogP contribution in [0.5, 0.6) is 11.5 Å². The van der Waals surface area contributed by atoms with E-state index in [1.54, 1.807) is 11.8 Å². The summed E-state index contributed by atoms with van der Waals surface area (Å²) in [6, 6.07) is 14.4. The highest BCUT2D eigenvalue weighted by Crippen LogP contribution is 2.38. The number of carbonyl (C=O) groups excluding carboxylic acids is 1. The number of anilines is 2. The molecule has 3 aromatic rings. The summed E-state index contributed by atoms with van der Waals surface area (Å²) in [5.74, 6) is 1.45. The molecule has 31 heavy (non-hydrogen) atoms. The van der Waals surface area contributed by atoms with Crippen LogP contribution >= 0.6 is 0 Å². The van der Waals surface area contributed by atoms with E-state index in [0.717, 1.165) is 12.0 Å². The van der Waals surface area contributed by atoms with Crippen LogP contribution < -0.4 is 20.1 Å². The van der Waals surface area contributed by atoms with Gasteiger partial charge in [-0.05, 0) is 53.6 Å². The Morgan fingerprint density at radius 3 is 2.74 bits per heavy atom. The van der Waals surface area contributed by atoms with Crippen molar-refractivity contribution < 1.29 is 14.3 Å². The zero-order valence-electron chi connectivity index (χ0n) is 17.6. The minimum absolute atomic E-state index is 0.243. The molecule has 0 fully saturated rings. The number of allylic oxidation sites excluding steroid dienone is 1. The number of amides is 1. The number of hydrogen-bond acceptors (Lipinski definition) is 7. The Morgan fingerprint density at radius 1 is 1.19 bits per heavy atom. The molecule has 9 nitrogen and oxygen atoms in total. The van der Waals surface area contributed by atoms with Crippen LogP contribution in [0.3, 0.4) is 0 Å². The largest absolute Gasteiger partial charge is 0.493 e. The van der Waals surface area contributed by atoms with E-state index in [9.17, 15) is 4.79 Å². The Hall–Kier alpha value is -3.88. The smallest absolute Gasteiger partial charge is 0.255 e. The molecule has 0 aliphatic carbocycles. The van der Waals surface area contributed by atoms with Gasteiger partial charge in [-0.3, -0.25) is 4.79 Å². The molecule has 0 spiro atoms. The van der Waals surface area contributed by atoms with Crippen molar-refractivity contribution in [1.29, 1.82) is 0 Å². The van der Waals surface area contributed by atoms with Crippen molar-refractivity contribution in [3.8, 4) is 11.5 Å². The van der Waals surface area contributed by atoms with E-state index in [1.807, 2.05) is 62.4 Å². The van der Waals surface area contributed by atoms with E-state index in [1.165, 1.54) is 0 Å². The van der Waals surface area contributed by atoms with Crippen molar-refractivity contribution in [2.45, 2.75) is 26.3 Å². The van der Waals surface area contributed by atoms with Gasteiger partial charge in [-0.2, -0.15) is 4.68 Å². The Labute approximate surface area is 180 Å². The van der Waals surface area contributed by atoms with Crippen molar-refractivity contribution in [3.63, 3.8) is 0 Å². The van der Waals surface area contributed by atoms with Gasteiger partial charge in [0.25, 0.3) is 5.91 Å². The maximum absolute atomic E-state index is 13.3. The Bertz CT molecular complexity index is 1110. The molecule has 2 heterocycles. The number of benzene rings is 2. The van der Waals surface area contributed by atoms with Crippen LogP contribution in [0.25, 0.3) is 0 Å². The summed E-state index contributed by atoms with van der Waals surface area (Å²) in [6.45, 7) is 4.46. The predicted octanol–water partition coefficient (Wildman–Crippen LogP) is 3.40. The lowest BCUT2D eigenvalue weighted by molar-refractivity contribution is -0.113. The minimum Gasteiger partial charge on any atom is -0.493 e. The quantitative estimate of drug-likeness (QED) is 0.604. The molecule has 1 unspecified atom stereocenters. The summed E-state index contributed by atoms with van der Waals surface area (Å²) in [5.41, 5.74) is 2.68. The number of tetrazole rings is 1. The van der Waals surface area contributed by atoms with Gasteiger partial charge < -0.3 is 20.1 Å². The van der Waals surface area contributed by atoms with Crippen LogP contribution in [0.15, 0.2) is 59.8 Å². The van der Waals surface area contributed by atoms with Gasteiger partial charge in [-0.25, -0.2) is 0 Å². The summed E-state index contributed by atoms with van der Waals surface area (Å²) in [5, 5.41) is 18.0. The van der Waals surface area contributed by atoms with Crippen molar-refractivity contribution in [2.24, 2.45) is 0 Å². The topological polar surface area (TPSA) is 103 Å². The van der Waals surface area contributed by atoms with E-state index < -0.39 is 6.04 Å². The fourth-order valence-corrected chi connectivity index (χ4v) is 3.52. The summed E-state index contributed by atoms with van der Waals surface area (Å²) in [7, 11) is 1.59. The summed E-state index contributed by atoms with van der Waals surface area (Å²) >= 11 is 0. The third-order valence-corrected chi connectivity index (χ3v) is 4.96. The van der Waals surface area contributed by atoms with Crippen LogP contribution in [0.1, 0.15) is 31.9 Å². The Morgan fingerprint density at radius 2 is 2.00 bits per heavy atom. The number of methoxy groups -OCH3 is 1. The number of ether oxygens (including phenoxy) is 2. The summed E-state index contributed by atoms with van der Waals surface area (Å²) in [6.07, 6.45) is 0.888. The number of rotatable bonds is 7. The molecular weight excluding hydrogens is 396 g/mol. The van der Waals surface area contributed by atoms with Crippen LogP contribution in [0.4, 0.5) is 11.6 Å². The molecule has 1 amide bonds. The lowest BCUT2D eigenvalue weighted by atomic mass is 9.94. The Balaban J connectivity index is 1.75. The number of carbonyl (C=O) groups is 1. The molecule has 0 saturated carbocycles. The zero-order valence-corrected chi connectivity index (χ0v) is 17.6. The van der Waals surface area contributed by atoms with Crippen molar-refractivity contribution in [1.82, 2.24) is 20.2 Å². The number of nitrogens with one attached hydrogen (secondary N) is 2. The number of fused-ring (bicyclic) bond motifs is 1. The zero-order chi connectivity index (χ0) is 21.8. The monoisotopic (exact) mass is 420 g/mol. The van der Waals surface area contributed by atoms with Gasteiger partial charge in [0.15, 0.2) is 11.5 Å². The first kappa shape index (κ1) is 20.4. The minimum atomic E-state index is -0.538. The van der Waals surface area contributed by atoms with Crippen LogP contribution in [-0.4, -0.2) is 39.8 Å². The standard InChI is InChI=1S/C22H24N6O3/c1-4-12-31-17-11-10-15(13-18(17)30-3)20-19(14(2)23-22-25-26-27-28(20)22)21(29)24-16-8-6-5-7-9-16/h5-11,13,20H,4,12H2,1-3H3,(H,24,29)(H,23,25,27). The number of aromatic nitrogens is 4. The highest BCUT2D eigenvalue weighted by molar-refractivity contribution is 6.06. The molecule has 1 atom stereocenters. The van der Waals surface area contributed by atoms with Crippen LogP contribution in [-0.2, 0) is 4.79 Å². The molecule has 1 aliphatic rings. The summed E-state index contributed by atoms with van der Waals surface area (Å²) < 4.78 is 12.9. The second-order valence-corrected chi connectivity index (χ2v) is 7.09. The lowest BCUT2D eigenvalue weighted by Crippen LogP contribution is -2.31. The fourth-order valence-electron chi connectivity index (χ4n) is 3.52. The van der Waals surface area contributed by atoms with Crippen LogP contribution in [0.2, 0.25) is 0 Å². The first-order valence-electron chi connectivity index (χ1n) is 10.0. The number of para-hydroxylation sites is 1. The van der Waals surface area contributed by atoms with Gasteiger partial charge in [0.05, 0.1) is 19.3 Å². The fraction of sp³-hybridized carbons (Fsp3) is 0.273. The molecule has 1 aromatic heterocycles. The summed E-state index contributed by atoms with van der Waals surface area (Å²) in [4.78, 5) is 13.3. The highest BCUT2D eigenvalue weighted by Gasteiger charge is 2.34. The number of nitrogens with zero attached hydrogens (tertiary/aromatic N) is 4. The van der Waals surface area contributed by atoms with Gasteiger partial charge in [-0.15, -0.1) is 0 Å². The maximum atomic E-state index is 13.3. The molecule has 0 saturated heterocycles. The molecule has 1 aliphatic heterocycles. The van der Waals surface area contributed by atoms with E-state index in [4.69, 9.17) is 9.47 Å². The van der Waals surface area contributed by atoms with Gasteiger partial charge in [0, 0.05) is 11.4 Å². The Kier molecular flexibility index (Phi) is 5.83.